The molecule has 2 aliphatic heterocycles. The molecule has 2 aliphatic rings. The molecule has 3 heterocycles. The van der Waals surface area contributed by atoms with Gasteiger partial charge in [-0.3, -0.25) is 14.3 Å². The first-order chi connectivity index (χ1) is 13.0. The Morgan fingerprint density at radius 2 is 1.93 bits per heavy atom. The van der Waals surface area contributed by atoms with Crippen molar-refractivity contribution >= 4 is 16.6 Å². The summed E-state index contributed by atoms with van der Waals surface area (Å²) in [6, 6.07) is 13.2. The van der Waals surface area contributed by atoms with Crippen LogP contribution in [0.3, 0.4) is 0 Å². The Hall–Kier alpha value is -2.73. The molecule has 0 N–H and O–H groups in total. The average Bonchev–Trinajstić information content (AvgIpc) is 3.24. The Labute approximate surface area is 156 Å². The predicted molar refractivity (Wildman–Crippen MR) is 105 cm³/mol. The van der Waals surface area contributed by atoms with Gasteiger partial charge in [0.2, 0.25) is 0 Å². The number of halogens is 1. The topological polar surface area (TPSA) is 41.4 Å². The van der Waals surface area contributed by atoms with E-state index in [0.29, 0.717) is 34.4 Å². The molecule has 2 saturated heterocycles. The number of aromatic nitrogens is 2. The first-order valence-electron chi connectivity index (χ1n) is 9.25. The molecule has 0 saturated carbocycles. The summed E-state index contributed by atoms with van der Waals surface area (Å²) in [5.74, 6) is 0.132. The van der Waals surface area contributed by atoms with E-state index in [1.165, 1.54) is 23.1 Å². The van der Waals surface area contributed by atoms with Gasteiger partial charge in [0, 0.05) is 43.5 Å². The van der Waals surface area contributed by atoms with Gasteiger partial charge in [-0.15, -0.1) is 0 Å². The third kappa shape index (κ3) is 2.55. The summed E-state index contributed by atoms with van der Waals surface area (Å²) in [6.45, 7) is 2.07. The number of benzene rings is 2. The summed E-state index contributed by atoms with van der Waals surface area (Å²) in [5, 5.41) is 0.603. The minimum atomic E-state index is -0.341. The second kappa shape index (κ2) is 5.89. The number of likely N-dealkylation sites (tertiary alicyclic amines) is 1. The van der Waals surface area contributed by atoms with Gasteiger partial charge < -0.3 is 4.90 Å². The van der Waals surface area contributed by atoms with E-state index >= 15 is 0 Å². The van der Waals surface area contributed by atoms with Crippen molar-refractivity contribution in [1.29, 1.82) is 0 Å². The minimum Gasteiger partial charge on any atom is -0.366 e. The summed E-state index contributed by atoms with van der Waals surface area (Å²) in [4.78, 5) is 22.5. The molecule has 0 amide bonds. The van der Waals surface area contributed by atoms with Gasteiger partial charge >= 0.3 is 0 Å². The van der Waals surface area contributed by atoms with Gasteiger partial charge in [-0.25, -0.2) is 9.37 Å². The molecular formula is C21H21FN4O. The molecule has 2 fully saturated rings. The van der Waals surface area contributed by atoms with Crippen molar-refractivity contribution in [3.63, 3.8) is 0 Å². The molecule has 3 aromatic rings. The summed E-state index contributed by atoms with van der Waals surface area (Å²) in [6.07, 6.45) is 1.18. The van der Waals surface area contributed by atoms with E-state index in [-0.39, 0.29) is 11.4 Å². The molecule has 0 spiro atoms. The molecule has 5 rings (SSSR count). The molecule has 138 valence electrons. The van der Waals surface area contributed by atoms with E-state index in [2.05, 4.69) is 21.8 Å². The second-order valence-corrected chi connectivity index (χ2v) is 7.65. The largest absolute Gasteiger partial charge is 0.366 e. The predicted octanol–water partition coefficient (Wildman–Crippen LogP) is 2.63. The zero-order chi connectivity index (χ0) is 18.7. The molecule has 0 unspecified atom stereocenters. The highest BCUT2D eigenvalue weighted by Gasteiger charge is 2.41. The van der Waals surface area contributed by atoms with Gasteiger partial charge in [-0.1, -0.05) is 12.1 Å². The fourth-order valence-electron chi connectivity index (χ4n) is 4.51. The SMILES string of the molecule is CN1C[C@@H]2C[C@H]1CN2c1ccc2nc(-c3cccc(F)c3)n(C)c(=O)c2c1. The Morgan fingerprint density at radius 3 is 2.63 bits per heavy atom. The first-order valence-corrected chi connectivity index (χ1v) is 9.25. The van der Waals surface area contributed by atoms with Gasteiger partial charge in [0.15, 0.2) is 0 Å². The van der Waals surface area contributed by atoms with Crippen LogP contribution in [0.4, 0.5) is 10.1 Å². The molecule has 6 heteroatoms. The molecule has 2 bridgehead atoms. The Kier molecular flexibility index (Phi) is 3.59. The molecule has 2 atom stereocenters. The number of likely N-dealkylation sites (N-methyl/N-ethyl adjacent to an activating group) is 1. The van der Waals surface area contributed by atoms with Crippen LogP contribution in [0.25, 0.3) is 22.3 Å². The third-order valence-electron chi connectivity index (χ3n) is 5.99. The average molecular weight is 364 g/mol. The Morgan fingerprint density at radius 1 is 1.07 bits per heavy atom. The fraction of sp³-hybridized carbons (Fsp3) is 0.333. The summed E-state index contributed by atoms with van der Waals surface area (Å²) in [5.41, 5.74) is 2.21. The smallest absolute Gasteiger partial charge is 0.261 e. The van der Waals surface area contributed by atoms with Crippen molar-refractivity contribution in [3.05, 3.63) is 58.6 Å². The normalized spacial score (nSPS) is 22.1. The van der Waals surface area contributed by atoms with E-state index in [4.69, 9.17) is 0 Å². The molecule has 0 aliphatic carbocycles. The zero-order valence-electron chi connectivity index (χ0n) is 15.4. The van der Waals surface area contributed by atoms with Crippen LogP contribution in [0.2, 0.25) is 0 Å². The maximum absolute atomic E-state index is 13.6. The number of rotatable bonds is 2. The lowest BCUT2D eigenvalue weighted by molar-refractivity contribution is 0.292. The van der Waals surface area contributed by atoms with Crippen LogP contribution in [0.5, 0.6) is 0 Å². The summed E-state index contributed by atoms with van der Waals surface area (Å²) < 4.78 is 15.1. The van der Waals surface area contributed by atoms with E-state index in [1.807, 2.05) is 18.2 Å². The van der Waals surface area contributed by atoms with Gasteiger partial charge in [-0.2, -0.15) is 0 Å². The van der Waals surface area contributed by atoms with Gasteiger partial charge in [0.05, 0.1) is 10.9 Å². The van der Waals surface area contributed by atoms with Gasteiger partial charge in [-0.05, 0) is 43.8 Å². The fourth-order valence-corrected chi connectivity index (χ4v) is 4.51. The van der Waals surface area contributed by atoms with Crippen molar-refractivity contribution < 1.29 is 4.39 Å². The lowest BCUT2D eigenvalue weighted by Gasteiger charge is -2.33. The Balaban J connectivity index is 1.60. The van der Waals surface area contributed by atoms with E-state index in [9.17, 15) is 9.18 Å². The van der Waals surface area contributed by atoms with Crippen LogP contribution in [0.1, 0.15) is 6.42 Å². The van der Waals surface area contributed by atoms with Crippen molar-refractivity contribution in [1.82, 2.24) is 14.5 Å². The van der Waals surface area contributed by atoms with Crippen molar-refractivity contribution in [2.75, 3.05) is 25.0 Å². The lowest BCUT2D eigenvalue weighted by atomic mass is 10.1. The number of anilines is 1. The van der Waals surface area contributed by atoms with Crippen molar-refractivity contribution in [2.24, 2.45) is 7.05 Å². The van der Waals surface area contributed by atoms with Gasteiger partial charge in [0.25, 0.3) is 5.56 Å². The molecule has 0 radical (unpaired) electrons. The van der Waals surface area contributed by atoms with Crippen molar-refractivity contribution in [3.8, 4) is 11.4 Å². The van der Waals surface area contributed by atoms with Crippen LogP contribution in [-0.4, -0.2) is 46.7 Å². The first kappa shape index (κ1) is 16.4. The number of nitrogens with zero attached hydrogens (tertiary/aromatic N) is 4. The van der Waals surface area contributed by atoms with Crippen LogP contribution in [-0.2, 0) is 7.05 Å². The third-order valence-corrected chi connectivity index (χ3v) is 5.99. The van der Waals surface area contributed by atoms with Gasteiger partial charge in [0.1, 0.15) is 11.6 Å². The number of piperazine rings is 1. The number of hydrogen-bond donors (Lipinski definition) is 0. The highest BCUT2D eigenvalue weighted by Crippen LogP contribution is 2.34. The molecular weight excluding hydrogens is 343 g/mol. The standard InChI is InChI=1S/C21H21FN4O/c1-24-11-17-9-16(24)12-26(17)15-6-7-19-18(10-15)21(27)25(2)20(23-19)13-4-3-5-14(22)8-13/h3-8,10,16-17H,9,11-12H2,1-2H3/t16-,17-/m0/s1. The lowest BCUT2D eigenvalue weighted by Crippen LogP contribution is -2.44. The maximum Gasteiger partial charge on any atom is 0.261 e. The quantitative estimate of drug-likeness (QED) is 0.701. The van der Waals surface area contributed by atoms with E-state index in [0.717, 1.165) is 18.8 Å². The molecule has 1 aromatic heterocycles. The zero-order valence-corrected chi connectivity index (χ0v) is 15.4. The second-order valence-electron chi connectivity index (χ2n) is 7.65. The van der Waals surface area contributed by atoms with Crippen LogP contribution in [0.15, 0.2) is 47.3 Å². The number of fused-ring (bicyclic) bond motifs is 3. The van der Waals surface area contributed by atoms with E-state index in [1.54, 1.807) is 19.2 Å². The van der Waals surface area contributed by atoms with Crippen LogP contribution in [0, 0.1) is 5.82 Å². The molecule has 2 aromatic carbocycles. The maximum atomic E-state index is 13.6. The molecule has 27 heavy (non-hydrogen) atoms. The van der Waals surface area contributed by atoms with E-state index < -0.39 is 0 Å². The number of hydrogen-bond acceptors (Lipinski definition) is 4. The monoisotopic (exact) mass is 364 g/mol. The summed E-state index contributed by atoms with van der Waals surface area (Å²) >= 11 is 0. The summed E-state index contributed by atoms with van der Waals surface area (Å²) in [7, 11) is 3.87. The van der Waals surface area contributed by atoms with Crippen LogP contribution < -0.4 is 10.5 Å². The van der Waals surface area contributed by atoms with Crippen molar-refractivity contribution in [2.45, 2.75) is 18.5 Å². The highest BCUT2D eigenvalue weighted by molar-refractivity contribution is 5.83. The molecule has 5 nitrogen and oxygen atoms in total. The Bertz CT molecular complexity index is 1110. The van der Waals surface area contributed by atoms with Crippen LogP contribution >= 0.6 is 0 Å². The highest BCUT2D eigenvalue weighted by atomic mass is 19.1. The minimum absolute atomic E-state index is 0.109.